The Morgan fingerprint density at radius 3 is 2.88 bits per heavy atom. The van der Waals surface area contributed by atoms with E-state index in [4.69, 9.17) is 16.3 Å². The molecule has 0 aliphatic rings. The molecule has 3 heteroatoms. The van der Waals surface area contributed by atoms with Crippen LogP contribution in [0.4, 0.5) is 0 Å². The van der Waals surface area contributed by atoms with Gasteiger partial charge < -0.3 is 4.74 Å². The second-order valence-corrected chi connectivity index (χ2v) is 4.10. The third-order valence-electron chi connectivity index (χ3n) is 2.59. The van der Waals surface area contributed by atoms with E-state index in [9.17, 15) is 0 Å². The smallest absolute Gasteiger partial charge is 0.0775 e. The Balaban J connectivity index is 2.69. The molecule has 2 nitrogen and oxygen atoms in total. The van der Waals surface area contributed by atoms with E-state index in [2.05, 4.69) is 11.9 Å². The summed E-state index contributed by atoms with van der Waals surface area (Å²) in [5.74, 6) is 0. The van der Waals surface area contributed by atoms with Crippen molar-refractivity contribution in [2.45, 2.75) is 20.0 Å². The number of para-hydroxylation sites is 1. The number of benzene rings is 1. The van der Waals surface area contributed by atoms with Crippen molar-refractivity contribution < 1.29 is 4.74 Å². The van der Waals surface area contributed by atoms with Crippen LogP contribution in [0.5, 0.6) is 0 Å². The number of hydrogen-bond acceptors (Lipinski definition) is 2. The second kappa shape index (κ2) is 4.81. The predicted octanol–water partition coefficient (Wildman–Crippen LogP) is 3.60. The molecule has 0 aliphatic carbocycles. The molecule has 2 rings (SSSR count). The first-order chi connectivity index (χ1) is 7.76. The van der Waals surface area contributed by atoms with Crippen molar-refractivity contribution in [1.29, 1.82) is 0 Å². The van der Waals surface area contributed by atoms with Crippen LogP contribution in [0, 0.1) is 0 Å². The van der Waals surface area contributed by atoms with Gasteiger partial charge in [0.1, 0.15) is 0 Å². The van der Waals surface area contributed by atoms with Crippen molar-refractivity contribution in [3.05, 3.63) is 40.5 Å². The molecule has 0 spiro atoms. The Morgan fingerprint density at radius 2 is 2.19 bits per heavy atom. The Kier molecular flexibility index (Phi) is 3.42. The van der Waals surface area contributed by atoms with Crippen LogP contribution in [0.25, 0.3) is 10.9 Å². The van der Waals surface area contributed by atoms with Gasteiger partial charge in [-0.3, -0.25) is 4.98 Å². The maximum atomic E-state index is 6.23. The van der Waals surface area contributed by atoms with E-state index >= 15 is 0 Å². The molecule has 1 heterocycles. The zero-order valence-corrected chi connectivity index (χ0v) is 10.2. The summed E-state index contributed by atoms with van der Waals surface area (Å²) >= 11 is 6.23. The fourth-order valence-electron chi connectivity index (χ4n) is 1.77. The quantitative estimate of drug-likeness (QED) is 0.811. The Hall–Kier alpha value is -1.12. The molecule has 0 radical (unpaired) electrons. The van der Waals surface area contributed by atoms with Gasteiger partial charge >= 0.3 is 0 Å². The number of hydrogen-bond donors (Lipinski definition) is 0. The number of ether oxygens (including phenoxy) is 1. The van der Waals surface area contributed by atoms with Gasteiger partial charge in [0.15, 0.2) is 0 Å². The van der Waals surface area contributed by atoms with Crippen molar-refractivity contribution in [3.8, 4) is 0 Å². The van der Waals surface area contributed by atoms with Crippen LogP contribution in [-0.4, -0.2) is 12.1 Å². The van der Waals surface area contributed by atoms with E-state index in [0.717, 1.165) is 33.6 Å². The highest BCUT2D eigenvalue weighted by atomic mass is 35.5. The average Bonchev–Trinajstić information content (AvgIpc) is 2.30. The molecule has 84 valence electrons. The monoisotopic (exact) mass is 235 g/mol. The summed E-state index contributed by atoms with van der Waals surface area (Å²) in [6, 6.07) is 7.92. The minimum atomic E-state index is 0.563. The lowest BCUT2D eigenvalue weighted by Crippen LogP contribution is -1.95. The zero-order valence-electron chi connectivity index (χ0n) is 9.46. The summed E-state index contributed by atoms with van der Waals surface area (Å²) in [7, 11) is 1.68. The van der Waals surface area contributed by atoms with Crippen LogP contribution >= 0.6 is 11.6 Å². The number of aryl methyl sites for hydroxylation is 1. The SMILES string of the molecule is CCc1cc(Cl)c2cccc(COC)c2n1. The van der Waals surface area contributed by atoms with Crippen molar-refractivity contribution in [1.82, 2.24) is 4.98 Å². The highest BCUT2D eigenvalue weighted by Gasteiger charge is 2.07. The van der Waals surface area contributed by atoms with Gasteiger partial charge in [-0.15, -0.1) is 0 Å². The van der Waals surface area contributed by atoms with Crippen LogP contribution in [0.1, 0.15) is 18.2 Å². The third-order valence-corrected chi connectivity index (χ3v) is 2.90. The lowest BCUT2D eigenvalue weighted by molar-refractivity contribution is 0.186. The number of halogens is 1. The Labute approximate surface area is 100 Å². The van der Waals surface area contributed by atoms with Gasteiger partial charge in [0, 0.05) is 23.8 Å². The third kappa shape index (κ3) is 2.04. The lowest BCUT2D eigenvalue weighted by atomic mass is 10.1. The average molecular weight is 236 g/mol. The molecular formula is C13H14ClNO. The minimum absolute atomic E-state index is 0.563. The van der Waals surface area contributed by atoms with Crippen molar-refractivity contribution >= 4 is 22.5 Å². The lowest BCUT2D eigenvalue weighted by Gasteiger charge is -2.08. The van der Waals surface area contributed by atoms with Gasteiger partial charge in [0.2, 0.25) is 0 Å². The molecule has 0 amide bonds. The predicted molar refractivity (Wildman–Crippen MR) is 66.8 cm³/mol. The molecule has 0 saturated carbocycles. The molecule has 0 bridgehead atoms. The molecule has 1 aromatic heterocycles. The highest BCUT2D eigenvalue weighted by Crippen LogP contribution is 2.26. The molecule has 1 aromatic carbocycles. The minimum Gasteiger partial charge on any atom is -0.380 e. The molecule has 2 aromatic rings. The van der Waals surface area contributed by atoms with Crippen LogP contribution in [0.3, 0.4) is 0 Å². The molecular weight excluding hydrogens is 222 g/mol. The van der Waals surface area contributed by atoms with Gasteiger partial charge in [-0.25, -0.2) is 0 Å². The van der Waals surface area contributed by atoms with Gasteiger partial charge in [-0.1, -0.05) is 36.7 Å². The van der Waals surface area contributed by atoms with E-state index in [0.29, 0.717) is 6.61 Å². The Morgan fingerprint density at radius 1 is 1.38 bits per heavy atom. The van der Waals surface area contributed by atoms with Gasteiger partial charge in [0.25, 0.3) is 0 Å². The number of aromatic nitrogens is 1. The largest absolute Gasteiger partial charge is 0.380 e. The first-order valence-corrected chi connectivity index (χ1v) is 5.70. The van der Waals surface area contributed by atoms with E-state index in [1.54, 1.807) is 7.11 Å². The zero-order chi connectivity index (χ0) is 11.5. The molecule has 16 heavy (non-hydrogen) atoms. The van der Waals surface area contributed by atoms with Crippen LogP contribution in [-0.2, 0) is 17.8 Å². The van der Waals surface area contributed by atoms with E-state index in [-0.39, 0.29) is 0 Å². The highest BCUT2D eigenvalue weighted by molar-refractivity contribution is 6.35. The molecule has 0 unspecified atom stereocenters. The number of fused-ring (bicyclic) bond motifs is 1. The first-order valence-electron chi connectivity index (χ1n) is 5.32. The fourth-order valence-corrected chi connectivity index (χ4v) is 2.05. The summed E-state index contributed by atoms with van der Waals surface area (Å²) < 4.78 is 5.17. The van der Waals surface area contributed by atoms with Crippen LogP contribution < -0.4 is 0 Å². The van der Waals surface area contributed by atoms with Crippen molar-refractivity contribution in [2.75, 3.05) is 7.11 Å². The summed E-state index contributed by atoms with van der Waals surface area (Å²) in [4.78, 5) is 4.61. The second-order valence-electron chi connectivity index (χ2n) is 3.70. The van der Waals surface area contributed by atoms with Crippen molar-refractivity contribution in [2.24, 2.45) is 0 Å². The molecule has 0 atom stereocenters. The normalized spacial score (nSPS) is 10.9. The number of methoxy groups -OCH3 is 1. The molecule has 0 N–H and O–H groups in total. The maximum Gasteiger partial charge on any atom is 0.0775 e. The summed E-state index contributed by atoms with van der Waals surface area (Å²) in [6.45, 7) is 2.64. The standard InChI is InChI=1S/C13H14ClNO/c1-3-10-7-12(14)11-6-4-5-9(8-16-2)13(11)15-10/h4-7H,3,8H2,1-2H3. The molecule has 0 aliphatic heterocycles. The van der Waals surface area contributed by atoms with E-state index in [1.165, 1.54) is 0 Å². The molecule has 0 saturated heterocycles. The number of nitrogens with zero attached hydrogens (tertiary/aromatic N) is 1. The van der Waals surface area contributed by atoms with E-state index in [1.807, 2.05) is 24.3 Å². The summed E-state index contributed by atoms with van der Waals surface area (Å²) in [5.41, 5.74) is 3.05. The maximum absolute atomic E-state index is 6.23. The first kappa shape index (κ1) is 11.4. The van der Waals surface area contributed by atoms with Gasteiger partial charge in [-0.2, -0.15) is 0 Å². The van der Waals surface area contributed by atoms with Gasteiger partial charge in [0.05, 0.1) is 17.1 Å². The summed E-state index contributed by atoms with van der Waals surface area (Å²) in [5, 5.41) is 1.76. The topological polar surface area (TPSA) is 22.1 Å². The fraction of sp³-hybridized carbons (Fsp3) is 0.308. The summed E-state index contributed by atoms with van der Waals surface area (Å²) in [6.07, 6.45) is 0.886. The van der Waals surface area contributed by atoms with Crippen LogP contribution in [0.15, 0.2) is 24.3 Å². The number of rotatable bonds is 3. The van der Waals surface area contributed by atoms with E-state index < -0.39 is 0 Å². The number of pyridine rings is 1. The van der Waals surface area contributed by atoms with Gasteiger partial charge in [-0.05, 0) is 12.5 Å². The Bertz CT molecular complexity index is 511. The van der Waals surface area contributed by atoms with Crippen LogP contribution in [0.2, 0.25) is 5.02 Å². The molecule has 0 fully saturated rings. The van der Waals surface area contributed by atoms with Crippen molar-refractivity contribution in [3.63, 3.8) is 0 Å².